The fraction of sp³-hybridized carbons (Fsp3) is 0.591. The minimum atomic E-state index is -0.913. The summed E-state index contributed by atoms with van der Waals surface area (Å²) in [5, 5.41) is 9.74. The Bertz CT molecular complexity index is 933. The Balaban J connectivity index is 2.14. The molecule has 0 aliphatic carbocycles. The molecular formula is C22H30BrN3O3. The maximum atomic E-state index is 13.3. The topological polar surface area (TPSA) is 75.4 Å². The van der Waals surface area contributed by atoms with Crippen LogP contribution in [0.2, 0.25) is 0 Å². The predicted molar refractivity (Wildman–Crippen MR) is 118 cm³/mol. The van der Waals surface area contributed by atoms with Gasteiger partial charge < -0.3 is 5.11 Å². The highest BCUT2D eigenvalue weighted by Gasteiger charge is 2.31. The zero-order valence-corrected chi connectivity index (χ0v) is 19.0. The van der Waals surface area contributed by atoms with Crippen molar-refractivity contribution in [3.63, 3.8) is 0 Å². The third kappa shape index (κ3) is 5.07. The van der Waals surface area contributed by atoms with Gasteiger partial charge in [-0.25, -0.2) is 4.98 Å². The zero-order valence-electron chi connectivity index (χ0n) is 17.4. The number of carboxylic acid groups (broad SMARTS) is 1. The zero-order chi connectivity index (χ0) is 21.1. The maximum Gasteiger partial charge on any atom is 0.305 e. The summed E-state index contributed by atoms with van der Waals surface area (Å²) in [5.41, 5.74) is 0.505. The van der Waals surface area contributed by atoms with E-state index in [-0.39, 0.29) is 24.6 Å². The molecule has 2 heterocycles. The van der Waals surface area contributed by atoms with E-state index >= 15 is 0 Å². The van der Waals surface area contributed by atoms with Crippen LogP contribution in [0.25, 0.3) is 10.9 Å². The SMILES string of the molecule is CCCC(c1nc2ccc(Br)cc2c(=O)n1CCC(=O)O)N1C[C@H](C)C[C@H](C)C1. The van der Waals surface area contributed by atoms with Crippen LogP contribution in [0.4, 0.5) is 0 Å². The summed E-state index contributed by atoms with van der Waals surface area (Å²) < 4.78 is 2.41. The van der Waals surface area contributed by atoms with Crippen LogP contribution in [0.15, 0.2) is 27.5 Å². The number of hydrogen-bond donors (Lipinski definition) is 1. The number of carboxylic acids is 1. The number of benzene rings is 1. The fourth-order valence-corrected chi connectivity index (χ4v) is 4.96. The van der Waals surface area contributed by atoms with Crippen LogP contribution in [0.3, 0.4) is 0 Å². The molecule has 3 atom stereocenters. The van der Waals surface area contributed by atoms with Gasteiger partial charge in [-0.1, -0.05) is 43.1 Å². The molecule has 1 aliphatic rings. The Kier molecular flexibility index (Phi) is 7.11. The number of likely N-dealkylation sites (tertiary alicyclic amines) is 1. The van der Waals surface area contributed by atoms with Gasteiger partial charge in [-0.2, -0.15) is 0 Å². The molecule has 1 N–H and O–H groups in total. The monoisotopic (exact) mass is 463 g/mol. The van der Waals surface area contributed by atoms with Crippen molar-refractivity contribution in [3.8, 4) is 0 Å². The summed E-state index contributed by atoms with van der Waals surface area (Å²) in [4.78, 5) is 31.9. The van der Waals surface area contributed by atoms with Gasteiger partial charge >= 0.3 is 5.97 Å². The Hall–Kier alpha value is -1.73. The van der Waals surface area contributed by atoms with Gasteiger partial charge in [0.2, 0.25) is 0 Å². The first-order valence-corrected chi connectivity index (χ1v) is 11.2. The third-order valence-electron chi connectivity index (χ3n) is 5.69. The molecule has 0 bridgehead atoms. The molecule has 0 spiro atoms. The molecule has 1 fully saturated rings. The predicted octanol–water partition coefficient (Wildman–Crippen LogP) is 4.45. The van der Waals surface area contributed by atoms with Crippen molar-refractivity contribution >= 4 is 32.8 Å². The van der Waals surface area contributed by atoms with E-state index in [4.69, 9.17) is 4.98 Å². The number of aromatic nitrogens is 2. The third-order valence-corrected chi connectivity index (χ3v) is 6.19. The Morgan fingerprint density at radius 3 is 2.62 bits per heavy atom. The number of carbonyl (C=O) groups is 1. The second-order valence-electron chi connectivity index (χ2n) is 8.44. The van der Waals surface area contributed by atoms with Gasteiger partial charge in [-0.15, -0.1) is 0 Å². The first kappa shape index (κ1) is 22.0. The van der Waals surface area contributed by atoms with Crippen LogP contribution in [0, 0.1) is 11.8 Å². The van der Waals surface area contributed by atoms with E-state index in [1.54, 1.807) is 10.6 Å². The lowest BCUT2D eigenvalue weighted by molar-refractivity contribution is -0.137. The molecular weight excluding hydrogens is 434 g/mol. The Morgan fingerprint density at radius 1 is 1.31 bits per heavy atom. The van der Waals surface area contributed by atoms with Crippen molar-refractivity contribution in [2.45, 2.75) is 59.0 Å². The van der Waals surface area contributed by atoms with E-state index in [2.05, 4.69) is 41.6 Å². The Labute approximate surface area is 180 Å². The van der Waals surface area contributed by atoms with Crippen LogP contribution >= 0.6 is 15.9 Å². The first-order valence-electron chi connectivity index (χ1n) is 10.5. The molecule has 0 radical (unpaired) electrons. The van der Waals surface area contributed by atoms with Gasteiger partial charge in [0.15, 0.2) is 0 Å². The molecule has 1 unspecified atom stereocenters. The van der Waals surface area contributed by atoms with Crippen molar-refractivity contribution in [1.29, 1.82) is 0 Å². The normalized spacial score (nSPS) is 21.4. The first-order chi connectivity index (χ1) is 13.8. The summed E-state index contributed by atoms with van der Waals surface area (Å²) >= 11 is 3.42. The number of hydrogen-bond acceptors (Lipinski definition) is 4. The molecule has 29 heavy (non-hydrogen) atoms. The highest BCUT2D eigenvalue weighted by Crippen LogP contribution is 2.32. The largest absolute Gasteiger partial charge is 0.481 e. The number of aliphatic carboxylic acids is 1. The molecule has 3 rings (SSSR count). The number of nitrogens with zero attached hydrogens (tertiary/aromatic N) is 3. The molecule has 0 amide bonds. The van der Waals surface area contributed by atoms with E-state index in [0.717, 1.165) is 30.4 Å². The van der Waals surface area contributed by atoms with Gasteiger partial charge in [0.25, 0.3) is 5.56 Å². The van der Waals surface area contributed by atoms with E-state index in [9.17, 15) is 14.7 Å². The van der Waals surface area contributed by atoms with Crippen molar-refractivity contribution in [3.05, 3.63) is 38.9 Å². The van der Waals surface area contributed by atoms with Gasteiger partial charge in [0.1, 0.15) is 5.82 Å². The van der Waals surface area contributed by atoms with Gasteiger partial charge in [-0.05, 0) is 42.9 Å². The van der Waals surface area contributed by atoms with E-state index in [1.165, 1.54) is 6.42 Å². The maximum absolute atomic E-state index is 13.3. The minimum Gasteiger partial charge on any atom is -0.481 e. The van der Waals surface area contributed by atoms with Crippen LogP contribution in [0.5, 0.6) is 0 Å². The van der Waals surface area contributed by atoms with Crippen molar-refractivity contribution < 1.29 is 9.90 Å². The molecule has 2 aromatic rings. The number of fused-ring (bicyclic) bond motifs is 1. The molecule has 0 saturated carbocycles. The van der Waals surface area contributed by atoms with Crippen LogP contribution < -0.4 is 5.56 Å². The van der Waals surface area contributed by atoms with E-state index in [1.807, 2.05) is 12.1 Å². The second-order valence-corrected chi connectivity index (χ2v) is 9.35. The average molecular weight is 464 g/mol. The lowest BCUT2D eigenvalue weighted by Gasteiger charge is -2.40. The smallest absolute Gasteiger partial charge is 0.305 e. The standard InChI is InChI=1S/C22H30BrN3O3/c1-4-5-19(25-12-14(2)10-15(3)13-25)21-24-18-7-6-16(23)11-17(18)22(29)26(21)9-8-20(27)28/h6-7,11,14-15,19H,4-5,8-10,12-13H2,1-3H3,(H,27,28)/t14-,15+,19?. The van der Waals surface area contributed by atoms with E-state index in [0.29, 0.717) is 28.6 Å². The van der Waals surface area contributed by atoms with Gasteiger partial charge in [0, 0.05) is 24.1 Å². The van der Waals surface area contributed by atoms with Crippen LogP contribution in [0.1, 0.15) is 58.3 Å². The second kappa shape index (κ2) is 9.39. The molecule has 1 saturated heterocycles. The summed E-state index contributed by atoms with van der Waals surface area (Å²) in [6.07, 6.45) is 2.97. The van der Waals surface area contributed by atoms with Gasteiger partial charge in [-0.3, -0.25) is 19.1 Å². The molecule has 1 aliphatic heterocycles. The molecule has 1 aromatic heterocycles. The summed E-state index contributed by atoms with van der Waals surface area (Å²) in [5.74, 6) is 0.973. The van der Waals surface area contributed by atoms with Gasteiger partial charge in [0.05, 0.1) is 23.4 Å². The quantitative estimate of drug-likeness (QED) is 0.655. The van der Waals surface area contributed by atoms with Crippen molar-refractivity contribution in [2.24, 2.45) is 11.8 Å². The lowest BCUT2D eigenvalue weighted by atomic mass is 9.90. The summed E-state index contributed by atoms with van der Waals surface area (Å²) in [7, 11) is 0. The molecule has 7 heteroatoms. The average Bonchev–Trinajstić information content (AvgIpc) is 2.65. The lowest BCUT2D eigenvalue weighted by Crippen LogP contribution is -2.43. The van der Waals surface area contributed by atoms with Crippen LogP contribution in [-0.2, 0) is 11.3 Å². The van der Waals surface area contributed by atoms with Crippen LogP contribution in [-0.4, -0.2) is 38.6 Å². The Morgan fingerprint density at radius 2 is 2.00 bits per heavy atom. The summed E-state index contributed by atoms with van der Waals surface area (Å²) in [6, 6.07) is 5.53. The minimum absolute atomic E-state index is 0.0136. The number of rotatable bonds is 7. The van der Waals surface area contributed by atoms with Crippen molar-refractivity contribution in [1.82, 2.24) is 14.5 Å². The highest BCUT2D eigenvalue weighted by atomic mass is 79.9. The molecule has 1 aromatic carbocycles. The van der Waals surface area contributed by atoms with E-state index < -0.39 is 5.97 Å². The fourth-order valence-electron chi connectivity index (χ4n) is 4.60. The van der Waals surface area contributed by atoms with Crippen molar-refractivity contribution in [2.75, 3.05) is 13.1 Å². The number of halogens is 1. The molecule has 158 valence electrons. The number of piperidine rings is 1. The highest BCUT2D eigenvalue weighted by molar-refractivity contribution is 9.10. The molecule has 6 nitrogen and oxygen atoms in total. The summed E-state index contributed by atoms with van der Waals surface area (Å²) in [6.45, 7) is 8.77.